The van der Waals surface area contributed by atoms with Gasteiger partial charge in [0, 0.05) is 6.54 Å². The number of ether oxygens (including phenoxy) is 1. The molecule has 24 heavy (non-hydrogen) atoms. The molecule has 2 rings (SSSR count). The first-order valence-corrected chi connectivity index (χ1v) is 9.44. The highest BCUT2D eigenvalue weighted by atomic mass is 32.2. The lowest BCUT2D eigenvalue weighted by Gasteiger charge is -2.24. The van der Waals surface area contributed by atoms with E-state index >= 15 is 0 Å². The number of hydrogen-bond donors (Lipinski definition) is 2. The molecule has 8 heteroatoms. The molecular formula is C16H23N3O4S. The highest BCUT2D eigenvalue weighted by Crippen LogP contribution is 2.19. The predicted molar refractivity (Wildman–Crippen MR) is 88.8 cm³/mol. The van der Waals surface area contributed by atoms with Crippen molar-refractivity contribution in [2.75, 3.05) is 26.2 Å². The summed E-state index contributed by atoms with van der Waals surface area (Å²) in [5.74, 6) is 0. The summed E-state index contributed by atoms with van der Waals surface area (Å²) in [7, 11) is -3.83. The van der Waals surface area contributed by atoms with Crippen LogP contribution in [-0.4, -0.2) is 62.9 Å². The summed E-state index contributed by atoms with van der Waals surface area (Å²) >= 11 is 0. The number of likely N-dealkylation sites (N-methyl/N-ethyl adjacent to an activating group) is 1. The maximum Gasteiger partial charge on any atom is 0.241 e. The molecule has 132 valence electrons. The number of rotatable bonds is 7. The number of nitrogens with zero attached hydrogens (tertiary/aromatic N) is 2. The minimum absolute atomic E-state index is 0.000873. The summed E-state index contributed by atoms with van der Waals surface area (Å²) in [6.45, 7) is 6.38. The smallest absolute Gasteiger partial charge is 0.241 e. The van der Waals surface area contributed by atoms with Crippen LogP contribution >= 0.6 is 0 Å². The highest BCUT2D eigenvalue weighted by Gasteiger charge is 2.38. The van der Waals surface area contributed by atoms with E-state index in [4.69, 9.17) is 10.00 Å². The molecule has 1 saturated heterocycles. The molecule has 1 aliphatic heterocycles. The highest BCUT2D eigenvalue weighted by molar-refractivity contribution is 7.89. The molecule has 1 aromatic rings. The van der Waals surface area contributed by atoms with Crippen LogP contribution in [0.1, 0.15) is 19.4 Å². The fourth-order valence-corrected chi connectivity index (χ4v) is 3.97. The SMILES string of the molecule is CCN(CC)C[C@@H]1OC[C@H](NS(=O)(=O)c2cccc(C#N)c2)[C@H]1O. The van der Waals surface area contributed by atoms with E-state index in [1.807, 2.05) is 19.9 Å². The lowest BCUT2D eigenvalue weighted by Crippen LogP contribution is -2.46. The lowest BCUT2D eigenvalue weighted by molar-refractivity contribution is 0.0175. The zero-order valence-electron chi connectivity index (χ0n) is 13.8. The van der Waals surface area contributed by atoms with Crippen molar-refractivity contribution >= 4 is 10.0 Å². The van der Waals surface area contributed by atoms with Gasteiger partial charge in [-0.25, -0.2) is 13.1 Å². The minimum Gasteiger partial charge on any atom is -0.389 e. The molecule has 0 aromatic heterocycles. The van der Waals surface area contributed by atoms with Gasteiger partial charge in [-0.1, -0.05) is 19.9 Å². The summed E-state index contributed by atoms with van der Waals surface area (Å²) < 4.78 is 32.9. The van der Waals surface area contributed by atoms with Gasteiger partial charge < -0.3 is 14.7 Å². The van der Waals surface area contributed by atoms with Crippen LogP contribution in [-0.2, 0) is 14.8 Å². The molecule has 0 bridgehead atoms. The number of nitrogens with one attached hydrogen (secondary N) is 1. The van der Waals surface area contributed by atoms with Crippen LogP contribution < -0.4 is 4.72 Å². The lowest BCUT2D eigenvalue weighted by atomic mass is 10.1. The Kier molecular flexibility index (Phi) is 6.32. The second-order valence-electron chi connectivity index (χ2n) is 5.72. The van der Waals surface area contributed by atoms with Crippen LogP contribution in [0.3, 0.4) is 0 Å². The standard InChI is InChI=1S/C16H23N3O4S/c1-3-19(4-2)10-15-16(20)14(11-23-15)18-24(21,22)13-7-5-6-12(8-13)9-17/h5-8,14-16,18,20H,3-4,10-11H2,1-2H3/t14-,15-,16+/m0/s1. The monoisotopic (exact) mass is 353 g/mol. The summed E-state index contributed by atoms with van der Waals surface area (Å²) in [6, 6.07) is 6.97. The van der Waals surface area contributed by atoms with Gasteiger partial charge in [0.1, 0.15) is 0 Å². The normalized spacial score (nSPS) is 24.2. The minimum atomic E-state index is -3.83. The van der Waals surface area contributed by atoms with Crippen molar-refractivity contribution in [3.05, 3.63) is 29.8 Å². The topological polar surface area (TPSA) is 103 Å². The largest absolute Gasteiger partial charge is 0.389 e. The molecule has 1 heterocycles. The molecule has 0 saturated carbocycles. The van der Waals surface area contributed by atoms with Crippen molar-refractivity contribution in [2.24, 2.45) is 0 Å². The van der Waals surface area contributed by atoms with E-state index in [-0.39, 0.29) is 17.1 Å². The van der Waals surface area contributed by atoms with Crippen molar-refractivity contribution in [3.8, 4) is 6.07 Å². The molecular weight excluding hydrogens is 330 g/mol. The van der Waals surface area contributed by atoms with E-state index in [2.05, 4.69) is 9.62 Å². The van der Waals surface area contributed by atoms with Gasteiger partial charge in [0.15, 0.2) is 0 Å². The molecule has 2 N–H and O–H groups in total. The van der Waals surface area contributed by atoms with Crippen molar-refractivity contribution < 1.29 is 18.3 Å². The van der Waals surface area contributed by atoms with Gasteiger partial charge in [-0.2, -0.15) is 5.26 Å². The summed E-state index contributed by atoms with van der Waals surface area (Å²) in [5.41, 5.74) is 0.264. The van der Waals surface area contributed by atoms with Gasteiger partial charge in [-0.15, -0.1) is 0 Å². The van der Waals surface area contributed by atoms with Gasteiger partial charge in [0.2, 0.25) is 10.0 Å². The Balaban J connectivity index is 2.06. The first-order chi connectivity index (χ1) is 11.4. The van der Waals surface area contributed by atoms with Gasteiger partial charge in [-0.3, -0.25) is 0 Å². The third-order valence-electron chi connectivity index (χ3n) is 4.20. The zero-order chi connectivity index (χ0) is 17.7. The molecule has 1 aliphatic rings. The van der Waals surface area contributed by atoms with Crippen LogP contribution in [0.2, 0.25) is 0 Å². The molecule has 0 amide bonds. The summed E-state index contributed by atoms with van der Waals surface area (Å²) in [4.78, 5) is 2.11. The zero-order valence-corrected chi connectivity index (χ0v) is 14.7. The van der Waals surface area contributed by atoms with Crippen LogP contribution in [0.5, 0.6) is 0 Å². The van der Waals surface area contributed by atoms with Crippen molar-refractivity contribution in [1.82, 2.24) is 9.62 Å². The van der Waals surface area contributed by atoms with E-state index in [1.165, 1.54) is 24.3 Å². The fraction of sp³-hybridized carbons (Fsp3) is 0.562. The quantitative estimate of drug-likeness (QED) is 0.731. The average Bonchev–Trinajstić information content (AvgIpc) is 2.92. The molecule has 1 fully saturated rings. The predicted octanol–water partition coefficient (Wildman–Crippen LogP) is 0.307. The molecule has 0 spiro atoms. The first kappa shape index (κ1) is 18.8. The Morgan fingerprint density at radius 1 is 1.42 bits per heavy atom. The Labute approximate surface area is 142 Å². The van der Waals surface area contributed by atoms with Gasteiger partial charge in [0.05, 0.1) is 41.4 Å². The third kappa shape index (κ3) is 4.32. The van der Waals surface area contributed by atoms with Gasteiger partial charge >= 0.3 is 0 Å². The summed E-state index contributed by atoms with van der Waals surface area (Å²) in [6.07, 6.45) is -1.34. The molecule has 1 aromatic carbocycles. The second-order valence-corrected chi connectivity index (χ2v) is 7.43. The number of hydrogen-bond acceptors (Lipinski definition) is 6. The van der Waals surface area contributed by atoms with Crippen LogP contribution in [0.4, 0.5) is 0 Å². The Morgan fingerprint density at radius 2 is 2.12 bits per heavy atom. The van der Waals surface area contributed by atoms with Gasteiger partial charge in [-0.05, 0) is 31.3 Å². The van der Waals surface area contributed by atoms with E-state index in [0.29, 0.717) is 6.54 Å². The maximum atomic E-state index is 12.4. The van der Waals surface area contributed by atoms with Crippen LogP contribution in [0.25, 0.3) is 0 Å². The molecule has 0 unspecified atom stereocenters. The van der Waals surface area contributed by atoms with Crippen molar-refractivity contribution in [3.63, 3.8) is 0 Å². The van der Waals surface area contributed by atoms with E-state index < -0.39 is 28.3 Å². The first-order valence-electron chi connectivity index (χ1n) is 7.95. The molecule has 0 aliphatic carbocycles. The van der Waals surface area contributed by atoms with E-state index in [0.717, 1.165) is 13.1 Å². The number of aliphatic hydroxyl groups excluding tert-OH is 1. The molecule has 3 atom stereocenters. The summed E-state index contributed by atoms with van der Waals surface area (Å²) in [5, 5.41) is 19.3. The van der Waals surface area contributed by atoms with E-state index in [9.17, 15) is 13.5 Å². The second kappa shape index (κ2) is 8.05. The van der Waals surface area contributed by atoms with Crippen molar-refractivity contribution in [1.29, 1.82) is 5.26 Å². The van der Waals surface area contributed by atoms with E-state index in [1.54, 1.807) is 0 Å². The Morgan fingerprint density at radius 3 is 2.75 bits per heavy atom. The number of aliphatic hydroxyl groups is 1. The van der Waals surface area contributed by atoms with Gasteiger partial charge in [0.25, 0.3) is 0 Å². The molecule has 7 nitrogen and oxygen atoms in total. The maximum absolute atomic E-state index is 12.4. The van der Waals surface area contributed by atoms with Crippen LogP contribution in [0.15, 0.2) is 29.2 Å². The fourth-order valence-electron chi connectivity index (χ4n) is 2.68. The Hall–Kier alpha value is -1.50. The third-order valence-corrected chi connectivity index (χ3v) is 5.68. The number of nitriles is 1. The van der Waals surface area contributed by atoms with Crippen LogP contribution in [0, 0.1) is 11.3 Å². The number of sulfonamides is 1. The molecule has 0 radical (unpaired) electrons. The van der Waals surface area contributed by atoms with Crippen molar-refractivity contribution in [2.45, 2.75) is 37.0 Å². The Bertz CT molecular complexity index is 698. The average molecular weight is 353 g/mol. The number of benzene rings is 1.